The highest BCUT2D eigenvalue weighted by atomic mass is 127. The molecule has 6 nitrogen and oxygen atoms in total. The predicted octanol–water partition coefficient (Wildman–Crippen LogP) is 3.29. The van der Waals surface area contributed by atoms with Gasteiger partial charge in [0, 0.05) is 26.6 Å². The van der Waals surface area contributed by atoms with E-state index in [0.717, 1.165) is 49.9 Å². The Morgan fingerprint density at radius 3 is 2.64 bits per heavy atom. The van der Waals surface area contributed by atoms with Gasteiger partial charge >= 0.3 is 0 Å². The molecule has 1 aliphatic heterocycles. The fourth-order valence-electron chi connectivity index (χ4n) is 2.75. The van der Waals surface area contributed by atoms with E-state index in [4.69, 9.17) is 18.6 Å². The molecule has 0 bridgehead atoms. The van der Waals surface area contributed by atoms with Gasteiger partial charge in [0.05, 0.1) is 31.7 Å². The summed E-state index contributed by atoms with van der Waals surface area (Å²) >= 11 is 0. The summed E-state index contributed by atoms with van der Waals surface area (Å²) in [4.78, 5) is 6.80. The summed E-state index contributed by atoms with van der Waals surface area (Å²) in [6.45, 7) is 2.97. The van der Waals surface area contributed by atoms with Gasteiger partial charge in [-0.05, 0) is 37.1 Å². The minimum absolute atomic E-state index is 0. The number of hydrogen-bond donors (Lipinski definition) is 1. The maximum atomic E-state index is 5.67. The number of guanidine groups is 1. The van der Waals surface area contributed by atoms with E-state index in [9.17, 15) is 0 Å². The Hall–Kier alpha value is -1.48. The molecule has 1 N–H and O–H groups in total. The molecule has 0 amide bonds. The molecule has 1 fully saturated rings. The number of halogens is 1. The van der Waals surface area contributed by atoms with Gasteiger partial charge < -0.3 is 23.8 Å². The molecule has 7 heteroatoms. The van der Waals surface area contributed by atoms with Crippen molar-refractivity contribution in [1.82, 2.24) is 10.2 Å². The molecule has 1 unspecified atom stereocenters. The third-order valence-corrected chi connectivity index (χ3v) is 4.04. The maximum absolute atomic E-state index is 5.67. The Morgan fingerprint density at radius 1 is 1.24 bits per heavy atom. The first-order valence-electron chi connectivity index (χ1n) is 8.47. The summed E-state index contributed by atoms with van der Waals surface area (Å²) in [5, 5.41) is 3.41. The van der Waals surface area contributed by atoms with E-state index in [1.807, 2.05) is 31.3 Å². The highest BCUT2D eigenvalue weighted by molar-refractivity contribution is 14.0. The number of nitrogens with zero attached hydrogens (tertiary/aromatic N) is 2. The first kappa shape index (κ1) is 19.8. The minimum Gasteiger partial charge on any atom is -0.469 e. The van der Waals surface area contributed by atoms with Gasteiger partial charge in [-0.1, -0.05) is 0 Å². The first-order valence-corrected chi connectivity index (χ1v) is 8.47. The third-order valence-electron chi connectivity index (χ3n) is 4.04. The van der Waals surface area contributed by atoms with Crippen molar-refractivity contribution >= 4 is 29.9 Å². The molecule has 2 aromatic heterocycles. The van der Waals surface area contributed by atoms with Crippen LogP contribution >= 0.6 is 24.0 Å². The van der Waals surface area contributed by atoms with Crippen LogP contribution in [0.25, 0.3) is 0 Å². The molecule has 2 aromatic rings. The number of rotatable bonds is 7. The molecule has 0 saturated carbocycles. The van der Waals surface area contributed by atoms with Crippen LogP contribution in [-0.4, -0.2) is 43.7 Å². The zero-order chi connectivity index (χ0) is 16.6. The second-order valence-corrected chi connectivity index (χ2v) is 5.99. The van der Waals surface area contributed by atoms with Gasteiger partial charge in [0.1, 0.15) is 11.5 Å². The van der Waals surface area contributed by atoms with Crippen LogP contribution in [-0.2, 0) is 17.7 Å². The van der Waals surface area contributed by atoms with Crippen LogP contribution in [0.1, 0.15) is 24.4 Å². The lowest BCUT2D eigenvalue weighted by Crippen LogP contribution is -2.40. The van der Waals surface area contributed by atoms with Crippen LogP contribution in [0.15, 0.2) is 50.6 Å². The van der Waals surface area contributed by atoms with Gasteiger partial charge in [0.2, 0.25) is 0 Å². The third kappa shape index (κ3) is 6.39. The van der Waals surface area contributed by atoms with Gasteiger partial charge in [0.25, 0.3) is 0 Å². The highest BCUT2D eigenvalue weighted by Crippen LogP contribution is 2.12. The average molecular weight is 459 g/mol. The Kier molecular flexibility index (Phi) is 8.33. The van der Waals surface area contributed by atoms with Crippen molar-refractivity contribution in [2.45, 2.75) is 31.9 Å². The van der Waals surface area contributed by atoms with Crippen molar-refractivity contribution in [1.29, 1.82) is 0 Å². The summed E-state index contributed by atoms with van der Waals surface area (Å²) in [5.74, 6) is 2.73. The van der Waals surface area contributed by atoms with E-state index in [1.165, 1.54) is 0 Å². The fraction of sp³-hybridized carbons (Fsp3) is 0.500. The molecule has 138 valence electrons. The molecular formula is C18H26IN3O3. The fourth-order valence-corrected chi connectivity index (χ4v) is 2.75. The van der Waals surface area contributed by atoms with Crippen LogP contribution in [0.5, 0.6) is 0 Å². The Morgan fingerprint density at radius 2 is 2.00 bits per heavy atom. The smallest absolute Gasteiger partial charge is 0.194 e. The lowest BCUT2D eigenvalue weighted by atomic mass is 10.2. The number of aliphatic imine (C=N–C) groups is 1. The van der Waals surface area contributed by atoms with E-state index in [1.54, 1.807) is 12.5 Å². The normalized spacial score (nSPS) is 17.3. The molecule has 1 atom stereocenters. The summed E-state index contributed by atoms with van der Waals surface area (Å²) in [6, 6.07) is 7.76. The van der Waals surface area contributed by atoms with Crippen LogP contribution in [0.2, 0.25) is 0 Å². The van der Waals surface area contributed by atoms with Crippen LogP contribution in [0.4, 0.5) is 0 Å². The van der Waals surface area contributed by atoms with Crippen molar-refractivity contribution in [3.05, 3.63) is 48.3 Å². The zero-order valence-electron chi connectivity index (χ0n) is 14.5. The van der Waals surface area contributed by atoms with Crippen molar-refractivity contribution < 1.29 is 13.6 Å². The molecule has 3 rings (SSSR count). The maximum Gasteiger partial charge on any atom is 0.194 e. The number of hydrogen-bond acceptors (Lipinski definition) is 4. The highest BCUT2D eigenvalue weighted by Gasteiger charge is 2.16. The molecule has 25 heavy (non-hydrogen) atoms. The Bertz CT molecular complexity index is 608. The van der Waals surface area contributed by atoms with E-state index in [0.29, 0.717) is 13.1 Å². The quantitative estimate of drug-likeness (QED) is 0.391. The van der Waals surface area contributed by atoms with Crippen LogP contribution in [0.3, 0.4) is 0 Å². The van der Waals surface area contributed by atoms with E-state index in [-0.39, 0.29) is 30.1 Å². The number of nitrogens with one attached hydrogen (secondary N) is 1. The van der Waals surface area contributed by atoms with Crippen molar-refractivity contribution in [2.75, 3.05) is 26.7 Å². The van der Waals surface area contributed by atoms with Crippen molar-refractivity contribution in [3.8, 4) is 0 Å². The second kappa shape index (κ2) is 10.5. The summed E-state index contributed by atoms with van der Waals surface area (Å²) in [5.41, 5.74) is 0. The van der Waals surface area contributed by atoms with E-state index >= 15 is 0 Å². The van der Waals surface area contributed by atoms with Gasteiger partial charge in [-0.3, -0.25) is 4.99 Å². The molecule has 0 aliphatic carbocycles. The van der Waals surface area contributed by atoms with Crippen molar-refractivity contribution in [3.63, 3.8) is 0 Å². The molecule has 1 saturated heterocycles. The Balaban J connectivity index is 0.00000225. The average Bonchev–Trinajstić information content (AvgIpc) is 3.32. The lowest BCUT2D eigenvalue weighted by Gasteiger charge is -2.22. The molecule has 3 heterocycles. The molecule has 0 spiro atoms. The molecule has 0 radical (unpaired) electrons. The molecule has 0 aromatic carbocycles. The minimum atomic E-state index is 0. The van der Waals surface area contributed by atoms with Crippen molar-refractivity contribution in [2.24, 2.45) is 4.99 Å². The Labute approximate surface area is 165 Å². The standard InChI is InChI=1S/C18H25N3O3.HI/c1-21(14-17-7-4-12-24-17)18(20-13-16-6-3-11-23-16)19-9-8-15-5-2-10-22-15;/h2,4-5,7,10,12,16H,3,6,8-9,11,13-14H2,1H3,(H,19,20);1H. The molecule has 1 aliphatic rings. The number of ether oxygens (including phenoxy) is 1. The predicted molar refractivity (Wildman–Crippen MR) is 107 cm³/mol. The largest absolute Gasteiger partial charge is 0.469 e. The zero-order valence-corrected chi connectivity index (χ0v) is 16.8. The van der Waals surface area contributed by atoms with E-state index in [2.05, 4.69) is 10.2 Å². The molecular weight excluding hydrogens is 433 g/mol. The van der Waals surface area contributed by atoms with Crippen LogP contribution in [0, 0.1) is 0 Å². The lowest BCUT2D eigenvalue weighted by molar-refractivity contribution is 0.117. The number of furan rings is 2. The monoisotopic (exact) mass is 459 g/mol. The second-order valence-electron chi connectivity index (χ2n) is 5.99. The van der Waals surface area contributed by atoms with E-state index < -0.39 is 0 Å². The summed E-state index contributed by atoms with van der Waals surface area (Å²) in [7, 11) is 2.01. The topological polar surface area (TPSA) is 63.1 Å². The van der Waals surface area contributed by atoms with Gasteiger partial charge in [-0.2, -0.15) is 0 Å². The summed E-state index contributed by atoms with van der Waals surface area (Å²) < 4.78 is 16.5. The SMILES string of the molecule is CN(Cc1ccco1)C(=NCC1CCCO1)NCCc1ccco1.I. The first-order chi connectivity index (χ1) is 11.8. The van der Waals surface area contributed by atoms with Gasteiger partial charge in [0.15, 0.2) is 5.96 Å². The van der Waals surface area contributed by atoms with Gasteiger partial charge in [-0.15, -0.1) is 24.0 Å². The van der Waals surface area contributed by atoms with Crippen LogP contribution < -0.4 is 5.32 Å². The van der Waals surface area contributed by atoms with Gasteiger partial charge in [-0.25, -0.2) is 0 Å². The summed E-state index contributed by atoms with van der Waals surface area (Å²) in [6.07, 6.45) is 6.67.